The van der Waals surface area contributed by atoms with Gasteiger partial charge < -0.3 is 0 Å². The van der Waals surface area contributed by atoms with Crippen LogP contribution in [-0.4, -0.2) is 14.6 Å². The molecular weight excluding hydrogens is 346 g/mol. The third-order valence-electron chi connectivity index (χ3n) is 5.88. The molecule has 0 heterocycles. The third-order valence-corrected chi connectivity index (χ3v) is 5.88. The standard InChI is InChI=1S/C20H20B.C7H10B/c1-4-10-17(11-5-1)20(18-12-6-2-7-13-18)16-21-19-14-8-3-9-15-19;1-8-7-5-3-2-4-6-7/h1-15,20H,16,21H2;2-6H,8H2,1H3/q2*-1. The van der Waals surface area contributed by atoms with Gasteiger partial charge in [-0.2, -0.15) is 13.1 Å². The van der Waals surface area contributed by atoms with Gasteiger partial charge in [-0.3, -0.25) is 0 Å². The van der Waals surface area contributed by atoms with Gasteiger partial charge in [0.1, 0.15) is 0 Å². The van der Waals surface area contributed by atoms with Crippen LogP contribution in [0.15, 0.2) is 121 Å². The smallest absolute Gasteiger partial charge is 0.00303 e. The maximum Gasteiger partial charge on any atom is -0.00303 e. The van der Waals surface area contributed by atoms with Crippen LogP contribution in [0, 0.1) is 0 Å². The molecule has 0 saturated heterocycles. The minimum atomic E-state index is -0.111. The van der Waals surface area contributed by atoms with Gasteiger partial charge in [0, 0.05) is 0 Å². The summed E-state index contributed by atoms with van der Waals surface area (Å²) in [6.07, 6.45) is 1.26. The molecule has 0 spiro atoms. The normalized spacial score (nSPS) is 10.3. The van der Waals surface area contributed by atoms with Gasteiger partial charge in [-0.25, -0.2) is 10.9 Å². The Morgan fingerprint density at radius 2 is 0.897 bits per heavy atom. The Morgan fingerprint density at radius 1 is 0.517 bits per heavy atom. The van der Waals surface area contributed by atoms with Crippen molar-refractivity contribution in [3.8, 4) is 0 Å². The predicted octanol–water partition coefficient (Wildman–Crippen LogP) is 4.26. The molecule has 4 aromatic rings. The van der Waals surface area contributed by atoms with Gasteiger partial charge in [0.15, 0.2) is 0 Å². The number of benzene rings is 4. The summed E-state index contributed by atoms with van der Waals surface area (Å²) < 4.78 is 0. The van der Waals surface area contributed by atoms with E-state index in [1.807, 2.05) is 0 Å². The fourth-order valence-electron chi connectivity index (χ4n) is 4.11. The highest BCUT2D eigenvalue weighted by Gasteiger charge is 2.10. The van der Waals surface area contributed by atoms with E-state index < -0.39 is 0 Å². The maximum atomic E-state index is 2.29. The van der Waals surface area contributed by atoms with Gasteiger partial charge in [0.05, 0.1) is 0 Å². The van der Waals surface area contributed by atoms with Crippen molar-refractivity contribution in [2.24, 2.45) is 0 Å². The Labute approximate surface area is 177 Å². The van der Waals surface area contributed by atoms with Crippen LogP contribution < -0.4 is 10.9 Å². The van der Waals surface area contributed by atoms with Crippen molar-refractivity contribution in [2.45, 2.75) is 19.1 Å². The molecule has 29 heavy (non-hydrogen) atoms. The molecule has 0 N–H and O–H groups in total. The molecule has 0 aliphatic carbocycles. The second-order valence-electron chi connectivity index (χ2n) is 7.95. The molecule has 0 aromatic heterocycles. The predicted molar refractivity (Wildman–Crippen MR) is 135 cm³/mol. The topological polar surface area (TPSA) is 0 Å². The summed E-state index contributed by atoms with van der Waals surface area (Å²) in [5, 5.41) is 0. The Hall–Kier alpha value is -2.99. The van der Waals surface area contributed by atoms with E-state index in [-0.39, 0.29) is 14.6 Å². The summed E-state index contributed by atoms with van der Waals surface area (Å²) in [4.78, 5) is 0. The lowest BCUT2D eigenvalue weighted by atomic mass is 9.61. The molecule has 0 aliphatic rings. The molecule has 0 unspecified atom stereocenters. The summed E-state index contributed by atoms with van der Waals surface area (Å²) in [6, 6.07) is 43.4. The van der Waals surface area contributed by atoms with Crippen LogP contribution >= 0.6 is 0 Å². The van der Waals surface area contributed by atoms with E-state index in [9.17, 15) is 0 Å². The molecular formula is C27H30B2-2. The van der Waals surface area contributed by atoms with Crippen molar-refractivity contribution >= 4 is 25.5 Å². The van der Waals surface area contributed by atoms with Gasteiger partial charge in [0.25, 0.3) is 0 Å². The van der Waals surface area contributed by atoms with Crippen molar-refractivity contribution in [3.63, 3.8) is 0 Å². The van der Waals surface area contributed by atoms with E-state index in [4.69, 9.17) is 0 Å². The first-order valence-electron chi connectivity index (χ1n) is 11.3. The number of hydrogen-bond acceptors (Lipinski definition) is 0. The van der Waals surface area contributed by atoms with E-state index in [0.717, 1.165) is 0 Å². The molecule has 0 saturated carbocycles. The second-order valence-corrected chi connectivity index (χ2v) is 7.95. The van der Waals surface area contributed by atoms with Gasteiger partial charge in [0.2, 0.25) is 0 Å². The van der Waals surface area contributed by atoms with E-state index >= 15 is 0 Å². The molecule has 146 valence electrons. The largest absolute Gasteiger partial charge is 0.217 e. The van der Waals surface area contributed by atoms with Crippen molar-refractivity contribution in [3.05, 3.63) is 132 Å². The zero-order valence-electron chi connectivity index (χ0n) is 17.8. The quantitative estimate of drug-likeness (QED) is 0.441. The van der Waals surface area contributed by atoms with Crippen molar-refractivity contribution in [2.75, 3.05) is 0 Å². The van der Waals surface area contributed by atoms with Crippen molar-refractivity contribution in [1.82, 2.24) is 0 Å². The molecule has 0 aliphatic heterocycles. The summed E-state index contributed by atoms with van der Waals surface area (Å²) in [5.74, 6) is 0.521. The fourth-order valence-corrected chi connectivity index (χ4v) is 4.11. The average molecular weight is 376 g/mol. The first-order valence-corrected chi connectivity index (χ1v) is 11.3. The summed E-state index contributed by atoms with van der Waals surface area (Å²) in [5.41, 5.74) is 5.94. The lowest BCUT2D eigenvalue weighted by Crippen LogP contribution is -2.16. The molecule has 2 heteroatoms. The van der Waals surface area contributed by atoms with E-state index in [2.05, 4.69) is 128 Å². The lowest BCUT2D eigenvalue weighted by molar-refractivity contribution is 0.916. The number of hydrogen-bond donors (Lipinski definition) is 0. The Kier molecular flexibility index (Phi) is 8.41. The minimum absolute atomic E-state index is 0.111. The molecule has 0 amide bonds. The third kappa shape index (κ3) is 6.84. The Morgan fingerprint density at radius 3 is 1.28 bits per heavy atom. The number of rotatable bonds is 6. The molecule has 0 fully saturated rings. The van der Waals surface area contributed by atoms with Gasteiger partial charge in [-0.15, -0.1) is 0 Å². The highest BCUT2D eigenvalue weighted by molar-refractivity contribution is 6.53. The van der Waals surface area contributed by atoms with E-state index in [1.54, 1.807) is 0 Å². The van der Waals surface area contributed by atoms with Crippen molar-refractivity contribution in [1.29, 1.82) is 0 Å². The van der Waals surface area contributed by atoms with Gasteiger partial charge in [-0.1, -0.05) is 121 Å². The average Bonchev–Trinajstić information content (AvgIpc) is 2.82. The van der Waals surface area contributed by atoms with E-state index in [1.165, 1.54) is 28.4 Å². The zero-order chi connectivity index (χ0) is 20.2. The summed E-state index contributed by atoms with van der Waals surface area (Å²) >= 11 is 0. The summed E-state index contributed by atoms with van der Waals surface area (Å²) in [6.45, 7) is 2.29. The molecule has 4 aromatic carbocycles. The van der Waals surface area contributed by atoms with Crippen LogP contribution in [0.3, 0.4) is 0 Å². The van der Waals surface area contributed by atoms with Crippen LogP contribution in [0.4, 0.5) is 0 Å². The van der Waals surface area contributed by atoms with Gasteiger partial charge in [-0.05, 0) is 31.6 Å². The highest BCUT2D eigenvalue weighted by Crippen LogP contribution is 2.27. The highest BCUT2D eigenvalue weighted by atomic mass is 14.1. The van der Waals surface area contributed by atoms with Crippen LogP contribution in [0.1, 0.15) is 17.0 Å². The Bertz CT molecular complexity index is 884. The first kappa shape index (κ1) is 20.7. The molecule has 0 bridgehead atoms. The lowest BCUT2D eigenvalue weighted by Gasteiger charge is -2.21. The SMILES string of the molecule is C[BH2-]c1ccccc1.[BH2-](CC(c1ccccc1)c1ccccc1)c1ccccc1. The minimum Gasteiger partial charge on any atom is -0.217 e. The van der Waals surface area contributed by atoms with Crippen LogP contribution in [0.2, 0.25) is 13.1 Å². The van der Waals surface area contributed by atoms with Crippen molar-refractivity contribution < 1.29 is 0 Å². The Balaban J connectivity index is 0.000000252. The van der Waals surface area contributed by atoms with Crippen LogP contribution in [0.5, 0.6) is 0 Å². The fraction of sp³-hybridized carbons (Fsp3) is 0.111. The monoisotopic (exact) mass is 376 g/mol. The van der Waals surface area contributed by atoms with Gasteiger partial charge >= 0.3 is 0 Å². The molecule has 0 atom stereocenters. The second kappa shape index (κ2) is 11.8. The summed E-state index contributed by atoms with van der Waals surface area (Å²) in [7, 11) is 0.0849. The maximum absolute atomic E-state index is 2.29. The zero-order valence-corrected chi connectivity index (χ0v) is 17.8. The van der Waals surface area contributed by atoms with Crippen LogP contribution in [0.25, 0.3) is 0 Å². The molecule has 4 rings (SSSR count). The van der Waals surface area contributed by atoms with E-state index in [0.29, 0.717) is 5.92 Å². The first-order chi connectivity index (χ1) is 14.4. The van der Waals surface area contributed by atoms with Crippen LogP contribution in [-0.2, 0) is 0 Å². The molecule has 0 radical (unpaired) electrons. The molecule has 0 nitrogen and oxygen atoms in total.